The number of nitrogens with zero attached hydrogens (tertiary/aromatic N) is 4. The van der Waals surface area contributed by atoms with Gasteiger partial charge in [-0.15, -0.1) is 24.8 Å². The average molecular weight is 464 g/mol. The number of para-hydroxylation sites is 1. The van der Waals surface area contributed by atoms with Crippen LogP contribution in [0.3, 0.4) is 0 Å². The number of benzene rings is 1. The van der Waals surface area contributed by atoms with Gasteiger partial charge in [0, 0.05) is 59.5 Å². The summed E-state index contributed by atoms with van der Waals surface area (Å²) in [5.41, 5.74) is 9.14. The molecule has 0 saturated heterocycles. The van der Waals surface area contributed by atoms with Gasteiger partial charge in [0.2, 0.25) is 0 Å². The van der Waals surface area contributed by atoms with Gasteiger partial charge >= 0.3 is 0 Å². The van der Waals surface area contributed by atoms with E-state index in [0.717, 1.165) is 47.2 Å². The number of nitrogens with one attached hydrogen (secondary N) is 2. The monoisotopic (exact) mass is 463 g/mol. The Balaban J connectivity index is 0.00000136. The number of nitrogens with two attached hydrogens (primary N) is 1. The van der Waals surface area contributed by atoms with Crippen LogP contribution in [0.2, 0.25) is 0 Å². The van der Waals surface area contributed by atoms with E-state index in [-0.39, 0.29) is 36.8 Å². The van der Waals surface area contributed by atoms with Crippen molar-refractivity contribution in [3.8, 4) is 11.4 Å². The van der Waals surface area contributed by atoms with Crippen molar-refractivity contribution in [1.29, 1.82) is 0 Å². The van der Waals surface area contributed by atoms with Crippen LogP contribution in [0.25, 0.3) is 22.3 Å². The number of hydrogen-bond acceptors (Lipinski definition) is 5. The van der Waals surface area contributed by atoms with Gasteiger partial charge in [0.1, 0.15) is 5.82 Å². The molecule has 3 aromatic heterocycles. The molecule has 1 aliphatic carbocycles. The van der Waals surface area contributed by atoms with E-state index in [1.54, 1.807) is 6.33 Å². The van der Waals surface area contributed by atoms with Crippen molar-refractivity contribution in [3.05, 3.63) is 54.5 Å². The zero-order valence-corrected chi connectivity index (χ0v) is 18.6. The van der Waals surface area contributed by atoms with Crippen molar-refractivity contribution in [2.24, 2.45) is 5.73 Å². The molecule has 0 unspecified atom stereocenters. The van der Waals surface area contributed by atoms with Gasteiger partial charge in [-0.1, -0.05) is 18.2 Å². The SMILES string of the molecule is Cl.Cl.N[C@@H]1CC[C@H](c2nc(-c3c[nH]c4ccccc34)nn2CCc2cnc[nH]2)C[C@H]1O. The minimum Gasteiger partial charge on any atom is -0.391 e. The van der Waals surface area contributed by atoms with Crippen molar-refractivity contribution in [2.75, 3.05) is 0 Å². The largest absolute Gasteiger partial charge is 0.391 e. The van der Waals surface area contributed by atoms with Crippen LogP contribution < -0.4 is 5.73 Å². The normalized spacial score (nSPS) is 20.9. The van der Waals surface area contributed by atoms with Crippen LogP contribution >= 0.6 is 24.8 Å². The number of aromatic amines is 2. The van der Waals surface area contributed by atoms with Crippen LogP contribution in [-0.4, -0.2) is 47.0 Å². The Morgan fingerprint density at radius 1 is 1.16 bits per heavy atom. The van der Waals surface area contributed by atoms with Crippen LogP contribution in [0.15, 0.2) is 43.0 Å². The zero-order chi connectivity index (χ0) is 19.8. The Bertz CT molecular complexity index is 1110. The van der Waals surface area contributed by atoms with E-state index in [9.17, 15) is 5.11 Å². The number of aliphatic hydroxyl groups excluding tert-OH is 1. The Labute approximate surface area is 192 Å². The zero-order valence-electron chi connectivity index (χ0n) is 16.9. The molecule has 5 rings (SSSR count). The van der Waals surface area contributed by atoms with E-state index in [1.165, 1.54) is 0 Å². The fourth-order valence-corrected chi connectivity index (χ4v) is 4.24. The summed E-state index contributed by atoms with van der Waals surface area (Å²) >= 11 is 0. The first kappa shape index (κ1) is 23.3. The van der Waals surface area contributed by atoms with Crippen molar-refractivity contribution >= 4 is 35.7 Å². The van der Waals surface area contributed by atoms with Gasteiger partial charge in [-0.2, -0.15) is 5.10 Å². The van der Waals surface area contributed by atoms with Crippen LogP contribution in [0.1, 0.15) is 36.7 Å². The predicted octanol–water partition coefficient (Wildman–Crippen LogP) is 3.19. The van der Waals surface area contributed by atoms with Gasteiger partial charge in [-0.25, -0.2) is 14.6 Å². The summed E-state index contributed by atoms with van der Waals surface area (Å²) in [4.78, 5) is 15.5. The molecule has 31 heavy (non-hydrogen) atoms. The highest BCUT2D eigenvalue weighted by Crippen LogP contribution is 2.34. The first-order valence-electron chi connectivity index (χ1n) is 10.1. The molecule has 0 bridgehead atoms. The lowest BCUT2D eigenvalue weighted by Gasteiger charge is -2.30. The summed E-state index contributed by atoms with van der Waals surface area (Å²) in [5, 5.41) is 16.3. The third-order valence-electron chi connectivity index (χ3n) is 5.91. The van der Waals surface area contributed by atoms with Gasteiger partial charge in [-0.3, -0.25) is 0 Å². The fourth-order valence-electron chi connectivity index (χ4n) is 4.24. The lowest BCUT2D eigenvalue weighted by molar-refractivity contribution is 0.0955. The summed E-state index contributed by atoms with van der Waals surface area (Å²) < 4.78 is 1.99. The van der Waals surface area contributed by atoms with Crippen molar-refractivity contribution < 1.29 is 5.11 Å². The number of rotatable bonds is 5. The molecule has 1 aliphatic rings. The summed E-state index contributed by atoms with van der Waals surface area (Å²) in [6, 6.07) is 8.01. The Hall–Kier alpha value is -2.39. The lowest BCUT2D eigenvalue weighted by Crippen LogP contribution is -2.40. The minimum absolute atomic E-state index is 0. The number of aryl methyl sites for hydroxylation is 2. The third-order valence-corrected chi connectivity index (χ3v) is 5.91. The molecular formula is C21H27Cl2N7O. The molecule has 0 amide bonds. The second-order valence-electron chi connectivity index (χ2n) is 7.83. The van der Waals surface area contributed by atoms with E-state index in [0.29, 0.717) is 18.8 Å². The molecule has 8 nitrogen and oxygen atoms in total. The quantitative estimate of drug-likeness (QED) is 0.362. The summed E-state index contributed by atoms with van der Waals surface area (Å²) in [6.45, 7) is 0.700. The number of H-pyrrole nitrogens is 2. The second-order valence-corrected chi connectivity index (χ2v) is 7.83. The Morgan fingerprint density at radius 2 is 2.00 bits per heavy atom. The first-order valence-corrected chi connectivity index (χ1v) is 10.1. The number of aliphatic hydroxyl groups is 1. The Morgan fingerprint density at radius 3 is 2.77 bits per heavy atom. The highest BCUT2D eigenvalue weighted by atomic mass is 35.5. The van der Waals surface area contributed by atoms with Crippen molar-refractivity contribution in [3.63, 3.8) is 0 Å². The molecular weight excluding hydrogens is 437 g/mol. The standard InChI is InChI=1S/C21H25N7O.2ClH/c22-17-6-5-13(9-19(17)29)21-26-20(16-11-24-18-4-2-1-3-15(16)18)27-28(21)8-7-14-10-23-12-25-14;;/h1-4,10-13,17,19,24,29H,5-9,22H2,(H,23,25);2*1H/t13-,17+,19+;;/m0../s1. The van der Waals surface area contributed by atoms with E-state index < -0.39 is 6.10 Å². The maximum absolute atomic E-state index is 10.3. The molecule has 1 saturated carbocycles. The molecule has 5 N–H and O–H groups in total. The third kappa shape index (κ3) is 4.62. The molecule has 1 aromatic carbocycles. The summed E-state index contributed by atoms with van der Waals surface area (Å²) in [5.74, 6) is 1.79. The van der Waals surface area contributed by atoms with Gasteiger partial charge in [0.15, 0.2) is 5.82 Å². The molecule has 0 aliphatic heterocycles. The summed E-state index contributed by atoms with van der Waals surface area (Å²) in [6.07, 6.45) is 8.11. The predicted molar refractivity (Wildman–Crippen MR) is 125 cm³/mol. The molecule has 0 spiro atoms. The second kappa shape index (κ2) is 9.82. The number of halogens is 2. The number of aromatic nitrogens is 6. The molecule has 3 heterocycles. The topological polar surface area (TPSA) is 121 Å². The highest BCUT2D eigenvalue weighted by molar-refractivity contribution is 5.93. The highest BCUT2D eigenvalue weighted by Gasteiger charge is 2.31. The van der Waals surface area contributed by atoms with Crippen molar-refractivity contribution in [1.82, 2.24) is 29.7 Å². The molecule has 4 aromatic rings. The van der Waals surface area contributed by atoms with Gasteiger partial charge in [0.25, 0.3) is 0 Å². The van der Waals surface area contributed by atoms with E-state index in [4.69, 9.17) is 15.8 Å². The first-order chi connectivity index (χ1) is 14.2. The van der Waals surface area contributed by atoms with Crippen LogP contribution in [0.4, 0.5) is 0 Å². The minimum atomic E-state index is -0.497. The number of fused-ring (bicyclic) bond motifs is 1. The smallest absolute Gasteiger partial charge is 0.183 e. The van der Waals surface area contributed by atoms with Gasteiger partial charge < -0.3 is 20.8 Å². The molecule has 166 valence electrons. The number of hydrogen-bond donors (Lipinski definition) is 4. The van der Waals surface area contributed by atoms with Crippen LogP contribution in [0.5, 0.6) is 0 Å². The van der Waals surface area contributed by atoms with E-state index >= 15 is 0 Å². The van der Waals surface area contributed by atoms with Gasteiger partial charge in [-0.05, 0) is 25.3 Å². The molecule has 1 fully saturated rings. The molecule has 3 atom stereocenters. The number of imidazole rings is 1. The Kier molecular flexibility index (Phi) is 7.38. The van der Waals surface area contributed by atoms with E-state index in [2.05, 4.69) is 21.0 Å². The van der Waals surface area contributed by atoms with Crippen molar-refractivity contribution in [2.45, 2.75) is 50.3 Å². The maximum Gasteiger partial charge on any atom is 0.183 e. The summed E-state index contributed by atoms with van der Waals surface area (Å²) in [7, 11) is 0. The van der Waals surface area contributed by atoms with Crippen LogP contribution in [0, 0.1) is 0 Å². The maximum atomic E-state index is 10.3. The van der Waals surface area contributed by atoms with Gasteiger partial charge in [0.05, 0.1) is 12.4 Å². The lowest BCUT2D eigenvalue weighted by atomic mass is 9.84. The van der Waals surface area contributed by atoms with Crippen LogP contribution in [-0.2, 0) is 13.0 Å². The fraction of sp³-hybridized carbons (Fsp3) is 0.381. The average Bonchev–Trinajstić information content (AvgIpc) is 3.47. The molecule has 0 radical (unpaired) electrons. The van der Waals surface area contributed by atoms with E-state index in [1.807, 2.05) is 35.3 Å². The molecule has 10 heteroatoms.